The summed E-state index contributed by atoms with van der Waals surface area (Å²) in [5, 5.41) is 12.1. The first-order chi connectivity index (χ1) is 21.5. The maximum atomic E-state index is 13.8. The van der Waals surface area contributed by atoms with Gasteiger partial charge in [0.05, 0.1) is 10.6 Å². The highest BCUT2D eigenvalue weighted by molar-refractivity contribution is 7.92. The van der Waals surface area contributed by atoms with Gasteiger partial charge in [-0.3, -0.25) is 14.3 Å². The highest BCUT2D eigenvalue weighted by atomic mass is 32.2. The van der Waals surface area contributed by atoms with E-state index in [0.717, 1.165) is 5.56 Å². The second kappa shape index (κ2) is 13.2. The van der Waals surface area contributed by atoms with E-state index in [1.54, 1.807) is 98.8 Å². The molecule has 0 radical (unpaired) electrons. The van der Waals surface area contributed by atoms with Gasteiger partial charge in [-0.15, -0.1) is 0 Å². The molecule has 0 aliphatic rings. The number of phenols is 1. The van der Waals surface area contributed by atoms with Crippen molar-refractivity contribution in [2.45, 2.75) is 44.8 Å². The van der Waals surface area contributed by atoms with E-state index < -0.39 is 27.9 Å². The van der Waals surface area contributed by atoms with Gasteiger partial charge < -0.3 is 14.6 Å². The number of hydrogen-bond acceptors (Lipinski definition) is 7. The van der Waals surface area contributed by atoms with Crippen LogP contribution in [0, 0.1) is 20.8 Å². The molecule has 2 N–H and O–H groups in total. The minimum atomic E-state index is -4.14. The molecule has 5 aromatic rings. The van der Waals surface area contributed by atoms with Crippen molar-refractivity contribution in [1.29, 1.82) is 0 Å². The van der Waals surface area contributed by atoms with Gasteiger partial charge in [0.1, 0.15) is 19.0 Å². The highest BCUT2D eigenvalue weighted by Gasteiger charge is 2.36. The predicted molar refractivity (Wildman–Crippen MR) is 172 cm³/mol. The zero-order valence-electron chi connectivity index (χ0n) is 25.1. The third-order valence-electron chi connectivity index (χ3n) is 7.39. The summed E-state index contributed by atoms with van der Waals surface area (Å²) in [5.41, 5.74) is 3.37. The second-order valence-corrected chi connectivity index (χ2v) is 12.5. The molecule has 0 heterocycles. The number of phenolic OH excluding ortho intramolecular Hbond substituents is 1. The number of anilines is 1. The minimum Gasteiger partial charge on any atom is -0.507 e. The number of sulfonamides is 1. The van der Waals surface area contributed by atoms with E-state index in [0.29, 0.717) is 27.6 Å². The van der Waals surface area contributed by atoms with Crippen LogP contribution in [0.25, 0.3) is 10.8 Å². The van der Waals surface area contributed by atoms with Crippen molar-refractivity contribution in [3.8, 4) is 5.75 Å². The van der Waals surface area contributed by atoms with Crippen LogP contribution >= 0.6 is 0 Å². The first-order valence-corrected chi connectivity index (χ1v) is 15.8. The maximum absolute atomic E-state index is 13.8. The van der Waals surface area contributed by atoms with Crippen LogP contribution in [0.1, 0.15) is 39.3 Å². The zero-order chi connectivity index (χ0) is 32.1. The Morgan fingerprint density at radius 2 is 1.18 bits per heavy atom. The van der Waals surface area contributed by atoms with E-state index in [9.17, 15) is 23.1 Å². The first kappa shape index (κ1) is 31.3. The van der Waals surface area contributed by atoms with Gasteiger partial charge in [0, 0.05) is 16.3 Å². The van der Waals surface area contributed by atoms with Crippen molar-refractivity contribution in [2.24, 2.45) is 0 Å². The standard InChI is InChI=1S/C36H33NO7S/c1-23-18-24(2)34(25(3)19-23)45(41,42)37-31-20-30(33(38)29-17-11-10-16-28(29)31)32(35(39)43-21-26-12-6-4-7-13-26)36(40)44-22-27-14-8-5-9-15-27/h4-20,32,37-38H,21-22H2,1-3H3. The fraction of sp³-hybridized carbons (Fsp3) is 0.167. The molecule has 0 bridgehead atoms. The Bertz CT molecular complexity index is 1900. The lowest BCUT2D eigenvalue weighted by Crippen LogP contribution is -2.26. The third kappa shape index (κ3) is 6.99. The van der Waals surface area contributed by atoms with E-state index in [4.69, 9.17) is 9.47 Å². The Morgan fingerprint density at radius 3 is 1.69 bits per heavy atom. The van der Waals surface area contributed by atoms with Gasteiger partial charge in [-0.05, 0) is 49.1 Å². The van der Waals surface area contributed by atoms with Gasteiger partial charge >= 0.3 is 11.9 Å². The molecule has 8 nitrogen and oxygen atoms in total. The monoisotopic (exact) mass is 623 g/mol. The Labute approximate surface area is 262 Å². The summed E-state index contributed by atoms with van der Waals surface area (Å²) in [7, 11) is -4.14. The Kier molecular flexibility index (Phi) is 9.20. The predicted octanol–water partition coefficient (Wildman–Crippen LogP) is 6.84. The van der Waals surface area contributed by atoms with Crippen molar-refractivity contribution in [1.82, 2.24) is 0 Å². The topological polar surface area (TPSA) is 119 Å². The second-order valence-electron chi connectivity index (χ2n) is 10.9. The molecular weight excluding hydrogens is 590 g/mol. The molecule has 5 aromatic carbocycles. The summed E-state index contributed by atoms with van der Waals surface area (Å²) < 4.78 is 41.3. The summed E-state index contributed by atoms with van der Waals surface area (Å²) in [4.78, 5) is 27.4. The minimum absolute atomic E-state index is 0.0782. The van der Waals surface area contributed by atoms with Gasteiger partial charge in [-0.2, -0.15) is 0 Å². The van der Waals surface area contributed by atoms with Gasteiger partial charge in [-0.1, -0.05) is 103 Å². The van der Waals surface area contributed by atoms with Crippen molar-refractivity contribution in [3.63, 3.8) is 0 Å². The number of rotatable bonds is 10. The lowest BCUT2D eigenvalue weighted by atomic mass is 9.93. The Hall–Kier alpha value is -5.15. The molecule has 0 aliphatic heterocycles. The molecule has 0 spiro atoms. The van der Waals surface area contributed by atoms with Crippen LogP contribution < -0.4 is 4.72 Å². The van der Waals surface area contributed by atoms with Gasteiger partial charge in [-0.25, -0.2) is 8.42 Å². The van der Waals surface area contributed by atoms with Crippen molar-refractivity contribution in [3.05, 3.63) is 137 Å². The number of fused-ring (bicyclic) bond motifs is 1. The summed E-state index contributed by atoms with van der Waals surface area (Å²) in [5.74, 6) is -3.99. The molecule has 0 unspecified atom stereocenters. The Balaban J connectivity index is 1.59. The van der Waals surface area contributed by atoms with Crippen LogP contribution in [0.5, 0.6) is 5.75 Å². The third-order valence-corrected chi connectivity index (χ3v) is 9.06. The van der Waals surface area contributed by atoms with E-state index in [2.05, 4.69) is 4.72 Å². The largest absolute Gasteiger partial charge is 0.507 e. The van der Waals surface area contributed by atoms with E-state index >= 15 is 0 Å². The quantitative estimate of drug-likeness (QED) is 0.0993. The lowest BCUT2D eigenvalue weighted by molar-refractivity contribution is -0.159. The number of esters is 2. The van der Waals surface area contributed by atoms with Crippen LogP contribution in [-0.4, -0.2) is 25.5 Å². The van der Waals surface area contributed by atoms with Crippen LogP contribution in [0.2, 0.25) is 0 Å². The average molecular weight is 624 g/mol. The van der Waals surface area contributed by atoms with Gasteiger partial charge in [0.15, 0.2) is 5.92 Å². The molecule has 0 amide bonds. The number of hydrogen-bond donors (Lipinski definition) is 2. The van der Waals surface area contributed by atoms with Crippen LogP contribution in [0.15, 0.2) is 108 Å². The SMILES string of the molecule is Cc1cc(C)c(S(=O)(=O)Nc2cc(C(C(=O)OCc3ccccc3)C(=O)OCc3ccccc3)c(O)c3ccccc23)c(C)c1. The molecule has 0 saturated heterocycles. The summed E-state index contributed by atoms with van der Waals surface area (Å²) in [6, 6.07) is 29.3. The normalized spacial score (nSPS) is 11.4. The van der Waals surface area contributed by atoms with E-state index in [-0.39, 0.29) is 40.5 Å². The molecule has 0 fully saturated rings. The number of carbonyl (C=O) groups is 2. The molecule has 230 valence electrons. The van der Waals surface area contributed by atoms with Crippen LogP contribution in [-0.2, 0) is 42.3 Å². The molecule has 9 heteroatoms. The highest BCUT2D eigenvalue weighted by Crippen LogP contribution is 2.40. The van der Waals surface area contributed by atoms with E-state index in [1.807, 2.05) is 19.1 Å². The van der Waals surface area contributed by atoms with Crippen molar-refractivity contribution < 1.29 is 32.6 Å². The molecule has 5 rings (SSSR count). The van der Waals surface area contributed by atoms with Crippen molar-refractivity contribution in [2.75, 3.05) is 4.72 Å². The smallest absolute Gasteiger partial charge is 0.325 e. The Morgan fingerprint density at radius 1 is 0.711 bits per heavy atom. The number of nitrogens with one attached hydrogen (secondary N) is 1. The number of benzene rings is 5. The number of ether oxygens (including phenoxy) is 2. The zero-order valence-corrected chi connectivity index (χ0v) is 25.9. The van der Waals surface area contributed by atoms with Crippen molar-refractivity contribution >= 4 is 38.4 Å². The molecular formula is C36H33NO7S. The summed E-state index contributed by atoms with van der Waals surface area (Å²) >= 11 is 0. The summed E-state index contributed by atoms with van der Waals surface area (Å²) in [6.07, 6.45) is 0. The molecule has 45 heavy (non-hydrogen) atoms. The molecule has 0 saturated carbocycles. The molecule has 0 aliphatic carbocycles. The molecule has 0 atom stereocenters. The number of carbonyl (C=O) groups excluding carboxylic acids is 2. The lowest BCUT2D eigenvalue weighted by Gasteiger charge is -2.21. The summed E-state index contributed by atoms with van der Waals surface area (Å²) in [6.45, 7) is 5.08. The van der Waals surface area contributed by atoms with E-state index in [1.165, 1.54) is 6.07 Å². The fourth-order valence-corrected chi connectivity index (χ4v) is 6.97. The van der Waals surface area contributed by atoms with Gasteiger partial charge in [0.2, 0.25) is 0 Å². The van der Waals surface area contributed by atoms with Crippen LogP contribution in [0.4, 0.5) is 5.69 Å². The van der Waals surface area contributed by atoms with Crippen LogP contribution in [0.3, 0.4) is 0 Å². The number of aromatic hydroxyl groups is 1. The van der Waals surface area contributed by atoms with Gasteiger partial charge in [0.25, 0.3) is 10.0 Å². The average Bonchev–Trinajstić information content (AvgIpc) is 3.01. The maximum Gasteiger partial charge on any atom is 0.325 e. The molecule has 0 aromatic heterocycles. The number of aryl methyl sites for hydroxylation is 3. The fourth-order valence-electron chi connectivity index (χ4n) is 5.45. The first-order valence-electron chi connectivity index (χ1n) is 14.3.